The molecule has 0 saturated carbocycles. The summed E-state index contributed by atoms with van der Waals surface area (Å²) in [6, 6.07) is 7.55. The quantitative estimate of drug-likeness (QED) is 0.760. The van der Waals surface area contributed by atoms with E-state index in [9.17, 15) is 8.42 Å². The van der Waals surface area contributed by atoms with Crippen LogP contribution in [0.4, 0.5) is 0 Å². The van der Waals surface area contributed by atoms with Crippen molar-refractivity contribution >= 4 is 27.3 Å². The van der Waals surface area contributed by atoms with E-state index in [4.69, 9.17) is 16.2 Å². The molecule has 21 heavy (non-hydrogen) atoms. The standard InChI is InChI=1S/C16H23ClO3S/c1-11(2)9-16(14-5-7-15(17)8-6-14)12(3)10-13(4)21(18,19)20/h5-8,11,13H,9-10H2,1-4H3,(H,18,19,20). The predicted octanol–water partition coefficient (Wildman–Crippen LogP) is 4.83. The maximum Gasteiger partial charge on any atom is 0.267 e. The third-order valence-corrected chi connectivity index (χ3v) is 4.86. The van der Waals surface area contributed by atoms with E-state index >= 15 is 0 Å². The van der Waals surface area contributed by atoms with Crippen molar-refractivity contribution in [3.05, 3.63) is 40.4 Å². The first-order chi connectivity index (χ1) is 9.61. The van der Waals surface area contributed by atoms with Crippen molar-refractivity contribution in [1.29, 1.82) is 0 Å². The Balaban J connectivity index is 3.16. The van der Waals surface area contributed by atoms with Gasteiger partial charge in [0.05, 0.1) is 5.25 Å². The lowest BCUT2D eigenvalue weighted by atomic mass is 9.91. The third kappa shape index (κ3) is 5.81. The van der Waals surface area contributed by atoms with E-state index in [-0.39, 0.29) is 0 Å². The summed E-state index contributed by atoms with van der Waals surface area (Å²) in [5.41, 5.74) is 3.15. The van der Waals surface area contributed by atoms with Gasteiger partial charge in [0.2, 0.25) is 0 Å². The summed E-state index contributed by atoms with van der Waals surface area (Å²) in [7, 11) is -4.00. The molecule has 3 nitrogen and oxygen atoms in total. The molecule has 5 heteroatoms. The zero-order valence-electron chi connectivity index (χ0n) is 12.9. The molecule has 1 atom stereocenters. The summed E-state index contributed by atoms with van der Waals surface area (Å²) in [6.07, 6.45) is 1.18. The lowest BCUT2D eigenvalue weighted by molar-refractivity contribution is 0.469. The highest BCUT2D eigenvalue weighted by Crippen LogP contribution is 2.29. The van der Waals surface area contributed by atoms with Crippen LogP contribution in [0.2, 0.25) is 5.02 Å². The molecule has 1 aromatic carbocycles. The van der Waals surface area contributed by atoms with Crippen molar-refractivity contribution < 1.29 is 13.0 Å². The fraction of sp³-hybridized carbons (Fsp3) is 0.500. The normalized spacial score (nSPS) is 15.0. The van der Waals surface area contributed by atoms with E-state index < -0.39 is 15.4 Å². The topological polar surface area (TPSA) is 54.4 Å². The Bertz CT molecular complexity index is 601. The van der Waals surface area contributed by atoms with E-state index in [0.717, 1.165) is 23.1 Å². The molecular formula is C16H23ClO3S. The van der Waals surface area contributed by atoms with Crippen LogP contribution >= 0.6 is 11.6 Å². The molecule has 0 radical (unpaired) electrons. The smallest absolute Gasteiger partial charge is 0.267 e. The summed E-state index contributed by atoms with van der Waals surface area (Å²) >= 11 is 5.92. The monoisotopic (exact) mass is 330 g/mol. The summed E-state index contributed by atoms with van der Waals surface area (Å²) in [6.45, 7) is 7.69. The molecule has 0 aliphatic rings. The van der Waals surface area contributed by atoms with Gasteiger partial charge in [0.25, 0.3) is 10.1 Å². The fourth-order valence-electron chi connectivity index (χ4n) is 2.26. The number of rotatable bonds is 6. The van der Waals surface area contributed by atoms with Gasteiger partial charge in [-0.2, -0.15) is 8.42 Å². The van der Waals surface area contributed by atoms with E-state index in [1.54, 1.807) is 0 Å². The zero-order valence-corrected chi connectivity index (χ0v) is 14.5. The first-order valence-corrected chi connectivity index (χ1v) is 8.90. The molecule has 1 rings (SSSR count). The molecule has 0 aromatic heterocycles. The van der Waals surface area contributed by atoms with Crippen LogP contribution in [0.1, 0.15) is 46.1 Å². The molecule has 0 bridgehead atoms. The Kier molecular flexibility index (Phi) is 6.44. The second-order valence-corrected chi connectivity index (χ2v) is 8.16. The number of hydrogen-bond donors (Lipinski definition) is 1. The molecule has 1 N–H and O–H groups in total. The van der Waals surface area contributed by atoms with Crippen molar-refractivity contribution in [3.8, 4) is 0 Å². The third-order valence-electron chi connectivity index (χ3n) is 3.42. The summed E-state index contributed by atoms with van der Waals surface area (Å²) < 4.78 is 31.6. The molecule has 0 aliphatic heterocycles. The molecule has 0 heterocycles. The van der Waals surface area contributed by atoms with Gasteiger partial charge in [0.1, 0.15) is 0 Å². The number of benzene rings is 1. The summed E-state index contributed by atoms with van der Waals surface area (Å²) in [5, 5.41) is -0.126. The Morgan fingerprint density at radius 2 is 1.67 bits per heavy atom. The molecule has 0 saturated heterocycles. The van der Waals surface area contributed by atoms with Crippen molar-refractivity contribution in [1.82, 2.24) is 0 Å². The van der Waals surface area contributed by atoms with E-state index in [1.165, 1.54) is 6.92 Å². The Morgan fingerprint density at radius 3 is 2.10 bits per heavy atom. The molecule has 1 unspecified atom stereocenters. The van der Waals surface area contributed by atoms with Crippen LogP contribution in [0.5, 0.6) is 0 Å². The van der Waals surface area contributed by atoms with Crippen LogP contribution in [-0.4, -0.2) is 18.2 Å². The van der Waals surface area contributed by atoms with Crippen LogP contribution < -0.4 is 0 Å². The minimum absolute atomic E-state index is 0.323. The van der Waals surface area contributed by atoms with Gasteiger partial charge in [-0.05, 0) is 55.9 Å². The average Bonchev–Trinajstić information content (AvgIpc) is 2.35. The molecular weight excluding hydrogens is 308 g/mol. The van der Waals surface area contributed by atoms with Gasteiger partial charge in [-0.25, -0.2) is 0 Å². The van der Waals surface area contributed by atoms with Gasteiger partial charge in [0.15, 0.2) is 0 Å². The molecule has 1 aromatic rings. The molecule has 0 fully saturated rings. The van der Waals surface area contributed by atoms with Crippen LogP contribution in [0, 0.1) is 5.92 Å². The van der Waals surface area contributed by atoms with Crippen molar-refractivity contribution in [2.45, 2.75) is 45.8 Å². The van der Waals surface area contributed by atoms with Gasteiger partial charge >= 0.3 is 0 Å². The predicted molar refractivity (Wildman–Crippen MR) is 89.1 cm³/mol. The second-order valence-electron chi connectivity index (χ2n) is 5.89. The highest BCUT2D eigenvalue weighted by Gasteiger charge is 2.19. The lowest BCUT2D eigenvalue weighted by Gasteiger charge is -2.17. The van der Waals surface area contributed by atoms with Crippen molar-refractivity contribution in [2.24, 2.45) is 5.92 Å². The average molecular weight is 331 g/mol. The van der Waals surface area contributed by atoms with Crippen LogP contribution in [0.25, 0.3) is 5.57 Å². The van der Waals surface area contributed by atoms with Crippen LogP contribution in [-0.2, 0) is 10.1 Å². The molecule has 0 amide bonds. The Morgan fingerprint density at radius 1 is 1.14 bits per heavy atom. The summed E-state index contributed by atoms with van der Waals surface area (Å²) in [5.74, 6) is 0.451. The maximum absolute atomic E-state index is 11.2. The lowest BCUT2D eigenvalue weighted by Crippen LogP contribution is -2.17. The van der Waals surface area contributed by atoms with Crippen molar-refractivity contribution in [3.63, 3.8) is 0 Å². The number of allylic oxidation sites excluding steroid dienone is 2. The number of halogens is 1. The molecule has 0 spiro atoms. The first-order valence-electron chi connectivity index (χ1n) is 7.02. The number of hydrogen-bond acceptors (Lipinski definition) is 2. The Labute approximate surface area is 132 Å². The zero-order chi connectivity index (χ0) is 16.2. The summed E-state index contributed by atoms with van der Waals surface area (Å²) in [4.78, 5) is 0. The van der Waals surface area contributed by atoms with Crippen LogP contribution in [0.3, 0.4) is 0 Å². The van der Waals surface area contributed by atoms with Gasteiger partial charge in [-0.3, -0.25) is 4.55 Å². The molecule has 118 valence electrons. The van der Waals surface area contributed by atoms with E-state index in [1.807, 2.05) is 31.2 Å². The van der Waals surface area contributed by atoms with E-state index in [2.05, 4.69) is 13.8 Å². The highest BCUT2D eigenvalue weighted by molar-refractivity contribution is 7.86. The largest absolute Gasteiger partial charge is 0.285 e. The highest BCUT2D eigenvalue weighted by atomic mass is 35.5. The SMILES string of the molecule is CC(CC(C)S(=O)(=O)O)=C(CC(C)C)c1ccc(Cl)cc1. The van der Waals surface area contributed by atoms with Crippen molar-refractivity contribution in [2.75, 3.05) is 0 Å². The van der Waals surface area contributed by atoms with Gasteiger partial charge in [-0.15, -0.1) is 0 Å². The minimum Gasteiger partial charge on any atom is -0.285 e. The minimum atomic E-state index is -4.00. The maximum atomic E-state index is 11.2. The Hall–Kier alpha value is -0.840. The van der Waals surface area contributed by atoms with Gasteiger partial charge in [0, 0.05) is 5.02 Å². The molecule has 0 aliphatic carbocycles. The first kappa shape index (κ1) is 18.2. The van der Waals surface area contributed by atoms with Gasteiger partial charge < -0.3 is 0 Å². The van der Waals surface area contributed by atoms with Gasteiger partial charge in [-0.1, -0.05) is 43.2 Å². The fourth-order valence-corrected chi connectivity index (χ4v) is 2.84. The van der Waals surface area contributed by atoms with Crippen LogP contribution in [0.15, 0.2) is 29.8 Å². The second kappa shape index (κ2) is 7.43. The van der Waals surface area contributed by atoms with E-state index in [0.29, 0.717) is 17.4 Å².